The minimum Gasteiger partial charge on any atom is -0.408 e. The average molecular weight is 459 g/mol. The number of nitrogens with zero attached hydrogens (tertiary/aromatic N) is 3. The second kappa shape index (κ2) is 9.77. The van der Waals surface area contributed by atoms with Crippen LogP contribution in [0.25, 0.3) is 11.1 Å². The molecule has 0 aliphatic carbocycles. The third-order valence-corrected chi connectivity index (χ3v) is 6.21. The summed E-state index contributed by atoms with van der Waals surface area (Å²) in [6.45, 7) is 1.16. The summed E-state index contributed by atoms with van der Waals surface area (Å²) in [5.74, 6) is -0.703. The van der Waals surface area contributed by atoms with E-state index in [1.165, 1.54) is 11.8 Å². The lowest BCUT2D eigenvalue weighted by molar-refractivity contribution is 0.102. The van der Waals surface area contributed by atoms with Crippen molar-refractivity contribution in [1.29, 1.82) is 5.26 Å². The Bertz CT molecular complexity index is 1420. The molecule has 4 rings (SSSR count). The molecule has 0 aliphatic rings. The normalized spacial score (nSPS) is 11.0. The SMILES string of the molecule is CN(C)CCn1c(=O)oc2ccc(NC(=O)c3ccccc3Sc3ccccc3C#N)cc21. The van der Waals surface area contributed by atoms with Crippen LogP contribution in [-0.4, -0.2) is 36.0 Å². The van der Waals surface area contributed by atoms with Crippen LogP contribution in [0.2, 0.25) is 0 Å². The highest BCUT2D eigenvalue weighted by Gasteiger charge is 2.15. The Labute approximate surface area is 195 Å². The van der Waals surface area contributed by atoms with E-state index in [0.29, 0.717) is 41.0 Å². The van der Waals surface area contributed by atoms with Gasteiger partial charge in [-0.15, -0.1) is 0 Å². The molecule has 4 aromatic rings. The summed E-state index contributed by atoms with van der Waals surface area (Å²) in [6.07, 6.45) is 0. The van der Waals surface area contributed by atoms with Crippen LogP contribution in [0.3, 0.4) is 0 Å². The van der Waals surface area contributed by atoms with E-state index in [0.717, 1.165) is 9.79 Å². The number of anilines is 1. The Morgan fingerprint density at radius 1 is 1.09 bits per heavy atom. The smallest absolute Gasteiger partial charge is 0.408 e. The van der Waals surface area contributed by atoms with Crippen molar-refractivity contribution in [2.45, 2.75) is 16.3 Å². The van der Waals surface area contributed by atoms with Gasteiger partial charge in [0.1, 0.15) is 6.07 Å². The first-order chi connectivity index (χ1) is 16.0. The van der Waals surface area contributed by atoms with Gasteiger partial charge >= 0.3 is 5.76 Å². The van der Waals surface area contributed by atoms with Gasteiger partial charge in [-0.1, -0.05) is 36.0 Å². The molecule has 1 amide bonds. The third-order valence-electron chi connectivity index (χ3n) is 5.06. The van der Waals surface area contributed by atoms with Crippen LogP contribution in [0.5, 0.6) is 0 Å². The maximum atomic E-state index is 13.1. The van der Waals surface area contributed by atoms with E-state index in [-0.39, 0.29) is 5.91 Å². The summed E-state index contributed by atoms with van der Waals surface area (Å²) in [5, 5.41) is 12.3. The van der Waals surface area contributed by atoms with Crippen molar-refractivity contribution < 1.29 is 9.21 Å². The number of nitrogens with one attached hydrogen (secondary N) is 1. The fourth-order valence-corrected chi connectivity index (χ4v) is 4.38. The zero-order valence-electron chi connectivity index (χ0n) is 18.2. The number of hydrogen-bond donors (Lipinski definition) is 1. The first-order valence-electron chi connectivity index (χ1n) is 10.3. The predicted molar refractivity (Wildman–Crippen MR) is 129 cm³/mol. The Hall–Kier alpha value is -3.80. The van der Waals surface area contributed by atoms with Gasteiger partial charge in [0.25, 0.3) is 5.91 Å². The molecule has 1 heterocycles. The van der Waals surface area contributed by atoms with Crippen LogP contribution in [0, 0.1) is 11.3 Å². The predicted octanol–water partition coefficient (Wildman–Crippen LogP) is 4.43. The van der Waals surface area contributed by atoms with Crippen LogP contribution >= 0.6 is 11.8 Å². The number of carbonyl (C=O) groups is 1. The number of hydrogen-bond acceptors (Lipinski definition) is 6. The molecule has 1 N–H and O–H groups in total. The van der Waals surface area contributed by atoms with Crippen molar-refractivity contribution in [2.24, 2.45) is 0 Å². The Morgan fingerprint density at radius 2 is 1.82 bits per heavy atom. The maximum absolute atomic E-state index is 13.1. The number of rotatable bonds is 7. The number of likely N-dealkylation sites (N-methyl/N-ethyl adjacent to an activating group) is 1. The molecule has 0 saturated heterocycles. The topological polar surface area (TPSA) is 91.3 Å². The van der Waals surface area contributed by atoms with Crippen LogP contribution in [0.1, 0.15) is 15.9 Å². The number of fused-ring (bicyclic) bond motifs is 1. The van der Waals surface area contributed by atoms with E-state index in [2.05, 4.69) is 11.4 Å². The molecule has 8 heteroatoms. The van der Waals surface area contributed by atoms with E-state index in [9.17, 15) is 14.9 Å². The van der Waals surface area contributed by atoms with Crippen LogP contribution in [0.15, 0.2) is 85.7 Å². The summed E-state index contributed by atoms with van der Waals surface area (Å²) in [5.41, 5.74) is 2.71. The van der Waals surface area contributed by atoms with Crippen LogP contribution < -0.4 is 11.1 Å². The second-order valence-corrected chi connectivity index (χ2v) is 8.75. The van der Waals surface area contributed by atoms with Crippen molar-refractivity contribution in [1.82, 2.24) is 9.47 Å². The summed E-state index contributed by atoms with van der Waals surface area (Å²) < 4.78 is 6.89. The van der Waals surface area contributed by atoms with Crippen molar-refractivity contribution in [2.75, 3.05) is 26.0 Å². The van der Waals surface area contributed by atoms with Gasteiger partial charge in [-0.25, -0.2) is 4.79 Å². The highest BCUT2D eigenvalue weighted by atomic mass is 32.2. The van der Waals surface area contributed by atoms with Crippen molar-refractivity contribution in [3.8, 4) is 6.07 Å². The molecule has 0 fully saturated rings. The summed E-state index contributed by atoms with van der Waals surface area (Å²) in [4.78, 5) is 28.9. The Kier molecular flexibility index (Phi) is 6.63. The number of aromatic nitrogens is 1. The highest BCUT2D eigenvalue weighted by molar-refractivity contribution is 7.99. The first kappa shape index (κ1) is 22.4. The molecular weight excluding hydrogens is 436 g/mol. The zero-order valence-corrected chi connectivity index (χ0v) is 19.1. The van der Waals surface area contributed by atoms with Gasteiger partial charge in [0.15, 0.2) is 5.58 Å². The van der Waals surface area contributed by atoms with Crippen LogP contribution in [-0.2, 0) is 6.54 Å². The molecule has 0 radical (unpaired) electrons. The fraction of sp³-hybridized carbons (Fsp3) is 0.160. The molecule has 0 aliphatic heterocycles. The van der Waals surface area contributed by atoms with Gasteiger partial charge in [0, 0.05) is 28.6 Å². The standard InChI is InChI=1S/C25H22N4O3S/c1-28(2)13-14-29-20-15-18(11-12-21(20)32-25(29)31)27-24(30)19-8-4-6-10-23(19)33-22-9-5-3-7-17(22)16-26/h3-12,15H,13-14H2,1-2H3,(H,27,30). The van der Waals surface area contributed by atoms with E-state index < -0.39 is 5.76 Å². The quantitative estimate of drug-likeness (QED) is 0.441. The van der Waals surface area contributed by atoms with Crippen molar-refractivity contribution in [3.63, 3.8) is 0 Å². The van der Waals surface area contributed by atoms with Gasteiger partial charge < -0.3 is 14.6 Å². The van der Waals surface area contributed by atoms with Gasteiger partial charge in [-0.05, 0) is 56.6 Å². The largest absolute Gasteiger partial charge is 0.419 e. The molecule has 0 unspecified atom stereocenters. The summed E-state index contributed by atoms with van der Waals surface area (Å²) in [7, 11) is 3.87. The zero-order chi connectivity index (χ0) is 23.4. The van der Waals surface area contributed by atoms with E-state index in [1.54, 1.807) is 41.0 Å². The van der Waals surface area contributed by atoms with Crippen molar-refractivity contribution >= 4 is 34.5 Å². The molecule has 0 saturated carbocycles. The minimum atomic E-state index is -0.423. The molecule has 1 aromatic heterocycles. The number of benzene rings is 3. The monoisotopic (exact) mass is 458 g/mol. The second-order valence-electron chi connectivity index (χ2n) is 7.67. The fourth-order valence-electron chi connectivity index (χ4n) is 3.36. The number of carbonyl (C=O) groups excluding carboxylic acids is 1. The molecule has 33 heavy (non-hydrogen) atoms. The van der Waals surface area contributed by atoms with Gasteiger partial charge in [0.05, 0.1) is 16.6 Å². The van der Waals surface area contributed by atoms with Crippen LogP contribution in [0.4, 0.5) is 5.69 Å². The Balaban J connectivity index is 1.61. The number of nitriles is 1. The Morgan fingerprint density at radius 3 is 2.58 bits per heavy atom. The third kappa shape index (κ3) is 5.00. The first-order valence-corrected chi connectivity index (χ1v) is 11.1. The minimum absolute atomic E-state index is 0.280. The molecule has 7 nitrogen and oxygen atoms in total. The lowest BCUT2D eigenvalue weighted by Crippen LogP contribution is -2.23. The summed E-state index contributed by atoms with van der Waals surface area (Å²) in [6, 6.07) is 21.9. The molecule has 0 bridgehead atoms. The van der Waals surface area contributed by atoms with E-state index >= 15 is 0 Å². The van der Waals surface area contributed by atoms with E-state index in [1.807, 2.05) is 49.3 Å². The number of oxazole rings is 1. The van der Waals surface area contributed by atoms with E-state index in [4.69, 9.17) is 4.42 Å². The van der Waals surface area contributed by atoms with Gasteiger partial charge in [-0.3, -0.25) is 9.36 Å². The average Bonchev–Trinajstić information content (AvgIpc) is 3.12. The molecule has 3 aromatic carbocycles. The van der Waals surface area contributed by atoms with Crippen molar-refractivity contribution in [3.05, 3.63) is 88.4 Å². The van der Waals surface area contributed by atoms with Gasteiger partial charge in [0.2, 0.25) is 0 Å². The summed E-state index contributed by atoms with van der Waals surface area (Å²) >= 11 is 1.37. The lowest BCUT2D eigenvalue weighted by Gasteiger charge is -2.11. The lowest BCUT2D eigenvalue weighted by atomic mass is 10.2. The molecular formula is C25H22N4O3S. The highest BCUT2D eigenvalue weighted by Crippen LogP contribution is 2.33. The number of amides is 1. The van der Waals surface area contributed by atoms with Gasteiger partial charge in [-0.2, -0.15) is 5.26 Å². The molecule has 0 atom stereocenters. The maximum Gasteiger partial charge on any atom is 0.419 e. The molecule has 0 spiro atoms. The molecule has 166 valence electrons.